The minimum absolute atomic E-state index is 0.101. The van der Waals surface area contributed by atoms with Gasteiger partial charge in [-0.1, -0.05) is 23.4 Å². The van der Waals surface area contributed by atoms with Crippen molar-refractivity contribution in [3.63, 3.8) is 0 Å². The molecule has 2 aromatic rings. The molecule has 23 heavy (non-hydrogen) atoms. The van der Waals surface area contributed by atoms with Crippen LogP contribution in [0.15, 0.2) is 30.5 Å². The Labute approximate surface area is 131 Å². The number of hydrogen-bond acceptors (Lipinski definition) is 4. The molecule has 1 saturated carbocycles. The number of halogens is 1. The van der Waals surface area contributed by atoms with E-state index in [0.717, 1.165) is 12.8 Å². The van der Waals surface area contributed by atoms with Gasteiger partial charge in [0.2, 0.25) is 5.91 Å². The van der Waals surface area contributed by atoms with E-state index in [1.54, 1.807) is 23.1 Å². The Balaban J connectivity index is 1.71. The number of nitrogens with zero attached hydrogens (tertiary/aromatic N) is 4. The summed E-state index contributed by atoms with van der Waals surface area (Å²) < 4.78 is 15.0. The number of rotatable bonds is 6. The topological polar surface area (TPSA) is 88.3 Å². The van der Waals surface area contributed by atoms with Crippen molar-refractivity contribution in [1.29, 1.82) is 0 Å². The summed E-state index contributed by atoms with van der Waals surface area (Å²) in [7, 11) is 0. The Morgan fingerprint density at radius 1 is 1.35 bits per heavy atom. The number of hydrogen-bond donors (Lipinski definition) is 1. The smallest absolute Gasteiger partial charge is 0.358 e. The van der Waals surface area contributed by atoms with Crippen LogP contribution < -0.4 is 0 Å². The summed E-state index contributed by atoms with van der Waals surface area (Å²) in [5, 5.41) is 15.9. The van der Waals surface area contributed by atoms with Gasteiger partial charge in [0.25, 0.3) is 0 Å². The molecule has 3 rings (SSSR count). The van der Waals surface area contributed by atoms with Gasteiger partial charge >= 0.3 is 5.97 Å². The highest BCUT2D eigenvalue weighted by molar-refractivity contribution is 5.84. The highest BCUT2D eigenvalue weighted by Crippen LogP contribution is 2.29. The third-order valence-corrected chi connectivity index (χ3v) is 3.66. The van der Waals surface area contributed by atoms with Crippen LogP contribution in [0.3, 0.4) is 0 Å². The number of amides is 1. The summed E-state index contributed by atoms with van der Waals surface area (Å²) in [5.74, 6) is -1.79. The first-order valence-electron chi connectivity index (χ1n) is 7.21. The van der Waals surface area contributed by atoms with Crippen molar-refractivity contribution in [1.82, 2.24) is 19.9 Å². The molecule has 0 atom stereocenters. The van der Waals surface area contributed by atoms with Crippen molar-refractivity contribution >= 4 is 11.9 Å². The second kappa shape index (κ2) is 6.15. The number of benzene rings is 1. The number of carbonyl (C=O) groups excluding carboxylic acids is 1. The predicted octanol–water partition coefficient (Wildman–Crippen LogP) is 1.31. The lowest BCUT2D eigenvalue weighted by Gasteiger charge is -2.22. The molecule has 1 heterocycles. The molecule has 1 N–H and O–H groups in total. The van der Waals surface area contributed by atoms with Crippen LogP contribution in [0.5, 0.6) is 0 Å². The Bertz CT molecular complexity index is 742. The maximum atomic E-state index is 13.8. The van der Waals surface area contributed by atoms with Crippen molar-refractivity contribution in [3.8, 4) is 0 Å². The fourth-order valence-corrected chi connectivity index (χ4v) is 2.32. The third kappa shape index (κ3) is 3.53. The Morgan fingerprint density at radius 3 is 2.70 bits per heavy atom. The average molecular weight is 318 g/mol. The minimum Gasteiger partial charge on any atom is -0.476 e. The number of aromatic nitrogens is 3. The summed E-state index contributed by atoms with van der Waals surface area (Å²) in [4.78, 5) is 24.8. The van der Waals surface area contributed by atoms with Crippen molar-refractivity contribution in [2.75, 3.05) is 0 Å². The molecule has 1 fully saturated rings. The summed E-state index contributed by atoms with van der Waals surface area (Å²) >= 11 is 0. The first-order chi connectivity index (χ1) is 11.0. The molecule has 7 nitrogen and oxygen atoms in total. The lowest BCUT2D eigenvalue weighted by atomic mass is 10.2. The maximum absolute atomic E-state index is 13.8. The molecule has 0 radical (unpaired) electrons. The highest BCUT2D eigenvalue weighted by Gasteiger charge is 2.33. The summed E-state index contributed by atoms with van der Waals surface area (Å²) in [6.45, 7) is 0.0713. The average Bonchev–Trinajstić information content (AvgIpc) is 3.24. The zero-order valence-corrected chi connectivity index (χ0v) is 12.2. The molecule has 1 aromatic heterocycles. The molecule has 0 aliphatic heterocycles. The lowest BCUT2D eigenvalue weighted by Crippen LogP contribution is -2.35. The fourth-order valence-electron chi connectivity index (χ4n) is 2.32. The molecule has 120 valence electrons. The molecular formula is C15H15FN4O3. The van der Waals surface area contributed by atoms with Gasteiger partial charge in [0, 0.05) is 18.2 Å². The van der Waals surface area contributed by atoms with Crippen LogP contribution >= 0.6 is 0 Å². The first-order valence-corrected chi connectivity index (χ1v) is 7.21. The van der Waals surface area contributed by atoms with Crippen molar-refractivity contribution in [2.24, 2.45) is 0 Å². The first kappa shape index (κ1) is 15.1. The van der Waals surface area contributed by atoms with E-state index < -0.39 is 5.97 Å². The maximum Gasteiger partial charge on any atom is 0.358 e. The molecule has 1 aliphatic carbocycles. The lowest BCUT2D eigenvalue weighted by molar-refractivity contribution is -0.133. The standard InChI is InChI=1S/C15H15FN4O3/c16-12-4-2-1-3-10(12)7-20(11-5-6-11)14(21)9-19-8-13(15(22)23)17-18-19/h1-4,8,11H,5-7,9H2,(H,22,23). The van der Waals surface area contributed by atoms with Gasteiger partial charge in [-0.05, 0) is 18.9 Å². The van der Waals surface area contributed by atoms with Crippen LogP contribution in [0.25, 0.3) is 0 Å². The van der Waals surface area contributed by atoms with Gasteiger partial charge in [0.15, 0.2) is 5.69 Å². The van der Waals surface area contributed by atoms with Crippen LogP contribution in [-0.4, -0.2) is 42.9 Å². The largest absolute Gasteiger partial charge is 0.476 e. The number of carbonyl (C=O) groups is 2. The van der Waals surface area contributed by atoms with Gasteiger partial charge in [0.05, 0.1) is 6.20 Å². The Kier molecular flexibility index (Phi) is 4.05. The molecule has 1 aromatic carbocycles. The van der Waals surface area contributed by atoms with Gasteiger partial charge in [-0.2, -0.15) is 0 Å². The van der Waals surface area contributed by atoms with Crippen LogP contribution in [0, 0.1) is 5.82 Å². The van der Waals surface area contributed by atoms with Gasteiger partial charge in [-0.25, -0.2) is 13.9 Å². The molecule has 0 unspecified atom stereocenters. The molecule has 0 spiro atoms. The van der Waals surface area contributed by atoms with E-state index in [4.69, 9.17) is 5.11 Å². The van der Waals surface area contributed by atoms with E-state index in [0.29, 0.717) is 5.56 Å². The monoisotopic (exact) mass is 318 g/mol. The predicted molar refractivity (Wildman–Crippen MR) is 77.0 cm³/mol. The minimum atomic E-state index is -1.20. The second-order valence-corrected chi connectivity index (χ2v) is 5.45. The summed E-state index contributed by atoms with van der Waals surface area (Å²) in [6, 6.07) is 6.44. The SMILES string of the molecule is O=C(O)c1cn(CC(=O)N(Cc2ccccc2F)C2CC2)nn1. The van der Waals surface area contributed by atoms with Crippen molar-refractivity contribution in [3.05, 3.63) is 47.5 Å². The van der Waals surface area contributed by atoms with Crippen LogP contribution in [0.1, 0.15) is 28.9 Å². The molecule has 8 heteroatoms. The van der Waals surface area contributed by atoms with E-state index in [1.807, 2.05) is 0 Å². The summed E-state index contributed by atoms with van der Waals surface area (Å²) in [5.41, 5.74) is 0.238. The van der Waals surface area contributed by atoms with E-state index in [2.05, 4.69) is 10.3 Å². The van der Waals surface area contributed by atoms with Gasteiger partial charge in [0.1, 0.15) is 12.4 Å². The molecule has 0 bridgehead atoms. The zero-order chi connectivity index (χ0) is 16.4. The highest BCUT2D eigenvalue weighted by atomic mass is 19.1. The second-order valence-electron chi connectivity index (χ2n) is 5.45. The Morgan fingerprint density at radius 2 is 2.09 bits per heavy atom. The molecule has 1 aliphatic rings. The van der Waals surface area contributed by atoms with E-state index in [9.17, 15) is 14.0 Å². The quantitative estimate of drug-likeness (QED) is 0.867. The van der Waals surface area contributed by atoms with Crippen LogP contribution in [0.4, 0.5) is 4.39 Å². The Hall–Kier alpha value is -2.77. The zero-order valence-electron chi connectivity index (χ0n) is 12.2. The fraction of sp³-hybridized carbons (Fsp3) is 0.333. The van der Waals surface area contributed by atoms with Crippen LogP contribution in [0.2, 0.25) is 0 Å². The van der Waals surface area contributed by atoms with Gasteiger partial charge < -0.3 is 10.0 Å². The number of aromatic carboxylic acids is 1. The van der Waals surface area contributed by atoms with E-state index >= 15 is 0 Å². The van der Waals surface area contributed by atoms with E-state index in [-0.39, 0.29) is 36.5 Å². The third-order valence-electron chi connectivity index (χ3n) is 3.66. The normalized spacial score (nSPS) is 13.8. The number of carboxylic acid groups (broad SMARTS) is 1. The van der Waals surface area contributed by atoms with E-state index in [1.165, 1.54) is 16.9 Å². The molecule has 0 saturated heterocycles. The molecule has 1 amide bonds. The summed E-state index contributed by atoms with van der Waals surface area (Å²) in [6.07, 6.45) is 2.98. The van der Waals surface area contributed by atoms with Crippen molar-refractivity contribution in [2.45, 2.75) is 32.0 Å². The van der Waals surface area contributed by atoms with Gasteiger partial charge in [-0.15, -0.1) is 5.10 Å². The number of carboxylic acids is 1. The van der Waals surface area contributed by atoms with Crippen LogP contribution in [-0.2, 0) is 17.9 Å². The van der Waals surface area contributed by atoms with Gasteiger partial charge in [-0.3, -0.25) is 4.79 Å². The van der Waals surface area contributed by atoms with Crippen molar-refractivity contribution < 1.29 is 19.1 Å². The molecular weight excluding hydrogens is 303 g/mol.